The number of aromatic nitrogens is 3. The number of carbonyl (C=O) groups excluding carboxylic acids is 1. The third kappa shape index (κ3) is 2.47. The average molecular weight is 262 g/mol. The van der Waals surface area contributed by atoms with Gasteiger partial charge in [-0.2, -0.15) is 0 Å². The Kier molecular flexibility index (Phi) is 3.59. The lowest BCUT2D eigenvalue weighted by Crippen LogP contribution is -2.19. The standard InChI is InChI=1S/C13H15FN4O/c1-8(2)12-16-11(13(19)15-3)17-18(12)10-7-5-4-6-9(10)14/h4-8H,1-3H3,(H,15,19). The molecule has 0 aliphatic carbocycles. The van der Waals surface area contributed by atoms with Gasteiger partial charge in [-0.25, -0.2) is 14.1 Å². The zero-order valence-corrected chi connectivity index (χ0v) is 11.0. The van der Waals surface area contributed by atoms with Crippen LogP contribution in [-0.2, 0) is 0 Å². The van der Waals surface area contributed by atoms with Gasteiger partial charge in [-0.1, -0.05) is 26.0 Å². The monoisotopic (exact) mass is 262 g/mol. The Balaban J connectivity index is 2.59. The smallest absolute Gasteiger partial charge is 0.290 e. The molecular weight excluding hydrogens is 247 g/mol. The highest BCUT2D eigenvalue weighted by Gasteiger charge is 2.19. The lowest BCUT2D eigenvalue weighted by molar-refractivity contribution is 0.0953. The van der Waals surface area contributed by atoms with Gasteiger partial charge in [-0.15, -0.1) is 5.10 Å². The van der Waals surface area contributed by atoms with Crippen LogP contribution in [0.5, 0.6) is 0 Å². The van der Waals surface area contributed by atoms with E-state index in [9.17, 15) is 9.18 Å². The molecule has 1 heterocycles. The summed E-state index contributed by atoms with van der Waals surface area (Å²) in [6, 6.07) is 6.26. The van der Waals surface area contributed by atoms with Gasteiger partial charge in [0.05, 0.1) is 0 Å². The van der Waals surface area contributed by atoms with Crippen LogP contribution in [0.3, 0.4) is 0 Å². The van der Waals surface area contributed by atoms with Gasteiger partial charge in [-0.05, 0) is 12.1 Å². The second-order valence-corrected chi connectivity index (χ2v) is 4.39. The predicted molar refractivity (Wildman–Crippen MR) is 68.8 cm³/mol. The Labute approximate surface area is 110 Å². The fraction of sp³-hybridized carbons (Fsp3) is 0.308. The summed E-state index contributed by atoms with van der Waals surface area (Å²) in [6.45, 7) is 3.82. The molecule has 0 saturated carbocycles. The van der Waals surface area contributed by atoms with Crippen molar-refractivity contribution in [3.8, 4) is 5.69 Å². The number of halogens is 1. The van der Waals surface area contributed by atoms with Crippen molar-refractivity contribution in [2.75, 3.05) is 7.05 Å². The quantitative estimate of drug-likeness (QED) is 0.918. The van der Waals surface area contributed by atoms with Crippen molar-refractivity contribution in [1.29, 1.82) is 0 Å². The highest BCUT2D eigenvalue weighted by Crippen LogP contribution is 2.19. The van der Waals surface area contributed by atoms with Crippen molar-refractivity contribution >= 4 is 5.91 Å². The lowest BCUT2D eigenvalue weighted by atomic mass is 10.2. The molecule has 0 bridgehead atoms. The Hall–Kier alpha value is -2.24. The zero-order chi connectivity index (χ0) is 14.0. The first-order chi connectivity index (χ1) is 9.04. The maximum atomic E-state index is 13.8. The number of carbonyl (C=O) groups is 1. The maximum Gasteiger partial charge on any atom is 0.290 e. The SMILES string of the molecule is CNC(=O)c1nc(C(C)C)n(-c2ccccc2F)n1. The second-order valence-electron chi connectivity index (χ2n) is 4.39. The molecule has 0 aliphatic rings. The van der Waals surface area contributed by atoms with Crippen molar-refractivity contribution in [3.05, 3.63) is 41.7 Å². The molecule has 6 heteroatoms. The van der Waals surface area contributed by atoms with Crippen LogP contribution < -0.4 is 5.32 Å². The summed E-state index contributed by atoms with van der Waals surface area (Å²) in [7, 11) is 1.50. The molecule has 0 saturated heterocycles. The van der Waals surface area contributed by atoms with E-state index in [4.69, 9.17) is 0 Å². The minimum atomic E-state index is -0.405. The summed E-state index contributed by atoms with van der Waals surface area (Å²) >= 11 is 0. The molecule has 1 aromatic carbocycles. The number of hydrogen-bond acceptors (Lipinski definition) is 3. The van der Waals surface area contributed by atoms with Crippen molar-refractivity contribution in [2.24, 2.45) is 0 Å². The zero-order valence-electron chi connectivity index (χ0n) is 11.0. The van der Waals surface area contributed by atoms with E-state index in [0.29, 0.717) is 5.82 Å². The molecule has 2 rings (SSSR count). The Morgan fingerprint density at radius 2 is 2.05 bits per heavy atom. The number of nitrogens with zero attached hydrogens (tertiary/aromatic N) is 3. The summed E-state index contributed by atoms with van der Waals surface area (Å²) in [5.41, 5.74) is 0.286. The van der Waals surface area contributed by atoms with Gasteiger partial charge in [0, 0.05) is 13.0 Å². The molecular formula is C13H15FN4O. The lowest BCUT2D eigenvalue weighted by Gasteiger charge is -2.08. The van der Waals surface area contributed by atoms with E-state index >= 15 is 0 Å². The highest BCUT2D eigenvalue weighted by molar-refractivity contribution is 5.90. The van der Waals surface area contributed by atoms with Crippen LogP contribution in [0.15, 0.2) is 24.3 Å². The van der Waals surface area contributed by atoms with E-state index < -0.39 is 11.7 Å². The van der Waals surface area contributed by atoms with Crippen LogP contribution in [0.25, 0.3) is 5.69 Å². The van der Waals surface area contributed by atoms with Crippen LogP contribution in [0, 0.1) is 5.82 Å². The van der Waals surface area contributed by atoms with Gasteiger partial charge in [0.2, 0.25) is 5.82 Å². The van der Waals surface area contributed by atoms with Crippen LogP contribution in [0.4, 0.5) is 4.39 Å². The van der Waals surface area contributed by atoms with E-state index in [-0.39, 0.29) is 17.4 Å². The van der Waals surface area contributed by atoms with Gasteiger partial charge >= 0.3 is 0 Å². The average Bonchev–Trinajstić information content (AvgIpc) is 2.83. The largest absolute Gasteiger partial charge is 0.352 e. The molecule has 0 radical (unpaired) electrons. The molecule has 100 valence electrons. The highest BCUT2D eigenvalue weighted by atomic mass is 19.1. The normalized spacial score (nSPS) is 10.8. The Morgan fingerprint density at radius 3 is 2.63 bits per heavy atom. The van der Waals surface area contributed by atoms with Gasteiger partial charge in [0.25, 0.3) is 5.91 Å². The Morgan fingerprint density at radius 1 is 1.37 bits per heavy atom. The first kappa shape index (κ1) is 13.2. The summed E-state index contributed by atoms with van der Waals surface area (Å²) in [6.07, 6.45) is 0. The van der Waals surface area contributed by atoms with Crippen molar-refractivity contribution in [2.45, 2.75) is 19.8 Å². The predicted octanol–water partition coefficient (Wildman–Crippen LogP) is 1.89. The minimum absolute atomic E-state index is 0.0190. The van der Waals surface area contributed by atoms with Crippen molar-refractivity contribution in [1.82, 2.24) is 20.1 Å². The summed E-state index contributed by atoms with van der Waals surface area (Å²) in [5.74, 6) is -0.196. The minimum Gasteiger partial charge on any atom is -0.352 e. The second kappa shape index (κ2) is 5.17. The van der Waals surface area contributed by atoms with E-state index in [0.717, 1.165) is 0 Å². The third-order valence-corrected chi connectivity index (χ3v) is 2.66. The molecule has 0 unspecified atom stereocenters. The van der Waals surface area contributed by atoms with Gasteiger partial charge < -0.3 is 5.32 Å². The van der Waals surface area contributed by atoms with E-state index in [1.54, 1.807) is 18.2 Å². The number of amides is 1. The fourth-order valence-corrected chi connectivity index (χ4v) is 1.71. The molecule has 1 aromatic heterocycles. The maximum absolute atomic E-state index is 13.8. The van der Waals surface area contributed by atoms with Crippen LogP contribution in [0.2, 0.25) is 0 Å². The topological polar surface area (TPSA) is 59.8 Å². The number of hydrogen-bond donors (Lipinski definition) is 1. The molecule has 19 heavy (non-hydrogen) atoms. The molecule has 1 amide bonds. The number of para-hydroxylation sites is 1. The number of nitrogens with one attached hydrogen (secondary N) is 1. The first-order valence-corrected chi connectivity index (χ1v) is 5.98. The molecule has 2 aromatic rings. The van der Waals surface area contributed by atoms with Crippen molar-refractivity contribution < 1.29 is 9.18 Å². The summed E-state index contributed by atoms with van der Waals surface area (Å²) < 4.78 is 15.2. The third-order valence-electron chi connectivity index (χ3n) is 2.66. The van der Waals surface area contributed by atoms with Gasteiger partial charge in [-0.3, -0.25) is 4.79 Å². The van der Waals surface area contributed by atoms with Crippen LogP contribution >= 0.6 is 0 Å². The molecule has 0 spiro atoms. The van der Waals surface area contributed by atoms with Crippen LogP contribution in [0.1, 0.15) is 36.2 Å². The van der Waals surface area contributed by atoms with Crippen LogP contribution in [-0.4, -0.2) is 27.7 Å². The summed E-state index contributed by atoms with van der Waals surface area (Å²) in [5, 5.41) is 6.54. The summed E-state index contributed by atoms with van der Waals surface area (Å²) in [4.78, 5) is 15.7. The number of rotatable bonds is 3. The van der Waals surface area contributed by atoms with Crippen molar-refractivity contribution in [3.63, 3.8) is 0 Å². The Bertz CT molecular complexity index is 606. The van der Waals surface area contributed by atoms with Gasteiger partial charge in [0.15, 0.2) is 0 Å². The van der Waals surface area contributed by atoms with Gasteiger partial charge in [0.1, 0.15) is 17.3 Å². The van der Waals surface area contributed by atoms with E-state index in [1.807, 2.05) is 13.8 Å². The molecule has 5 nitrogen and oxygen atoms in total. The number of benzene rings is 1. The molecule has 0 fully saturated rings. The van der Waals surface area contributed by atoms with E-state index in [2.05, 4.69) is 15.4 Å². The van der Waals surface area contributed by atoms with E-state index in [1.165, 1.54) is 17.8 Å². The molecule has 0 aliphatic heterocycles. The molecule has 0 atom stereocenters. The first-order valence-electron chi connectivity index (χ1n) is 5.98. The fourth-order valence-electron chi connectivity index (χ4n) is 1.71. The molecule has 1 N–H and O–H groups in total.